The number of aliphatic carboxylic acids is 1. The van der Waals surface area contributed by atoms with Crippen LogP contribution in [0.1, 0.15) is 54.6 Å². The number of ketones is 1. The number of amides is 1. The van der Waals surface area contributed by atoms with Crippen molar-refractivity contribution in [3.05, 3.63) is 22.4 Å². The molecule has 1 saturated heterocycles. The number of likely N-dealkylation sites (tertiary alicyclic amines) is 1. The van der Waals surface area contributed by atoms with E-state index in [4.69, 9.17) is 0 Å². The third-order valence-electron chi connectivity index (χ3n) is 5.02. The van der Waals surface area contributed by atoms with Gasteiger partial charge in [0.1, 0.15) is 6.04 Å². The first-order valence-electron chi connectivity index (χ1n) is 8.18. The molecule has 1 aromatic heterocycles. The Morgan fingerprint density at radius 1 is 1.22 bits per heavy atom. The van der Waals surface area contributed by atoms with Gasteiger partial charge in [0.2, 0.25) is 5.91 Å². The Kier molecular flexibility index (Phi) is 4.80. The number of carboxylic acid groups (broad SMARTS) is 1. The summed E-state index contributed by atoms with van der Waals surface area (Å²) in [4.78, 5) is 38.4. The smallest absolute Gasteiger partial charge is 0.326 e. The summed E-state index contributed by atoms with van der Waals surface area (Å²) in [5, 5.41) is 11.3. The highest BCUT2D eigenvalue weighted by atomic mass is 32.1. The molecule has 0 radical (unpaired) electrons. The maximum atomic E-state index is 12.6. The third kappa shape index (κ3) is 3.32. The number of nitrogens with zero attached hydrogens (tertiary/aromatic N) is 1. The molecule has 1 saturated carbocycles. The lowest BCUT2D eigenvalue weighted by molar-refractivity contribution is -0.149. The number of rotatable bonds is 5. The molecule has 2 aliphatic rings. The molecular weight excluding hydrogens is 314 g/mol. The average Bonchev–Trinajstić information content (AvgIpc) is 3.19. The third-order valence-corrected chi connectivity index (χ3v) is 5.93. The zero-order valence-electron chi connectivity index (χ0n) is 12.9. The van der Waals surface area contributed by atoms with Gasteiger partial charge in [-0.1, -0.05) is 18.9 Å². The van der Waals surface area contributed by atoms with E-state index in [-0.39, 0.29) is 30.6 Å². The van der Waals surface area contributed by atoms with Gasteiger partial charge in [-0.25, -0.2) is 4.79 Å². The quantitative estimate of drug-likeness (QED) is 0.840. The summed E-state index contributed by atoms with van der Waals surface area (Å²) in [5.41, 5.74) is 0. The molecule has 1 aliphatic heterocycles. The van der Waals surface area contributed by atoms with Gasteiger partial charge in [0.15, 0.2) is 5.78 Å². The second-order valence-electron chi connectivity index (χ2n) is 6.40. The summed E-state index contributed by atoms with van der Waals surface area (Å²) in [7, 11) is 0. The molecule has 3 atom stereocenters. The van der Waals surface area contributed by atoms with Crippen LogP contribution in [0.25, 0.3) is 0 Å². The van der Waals surface area contributed by atoms with Crippen LogP contribution in [0.4, 0.5) is 0 Å². The highest BCUT2D eigenvalue weighted by molar-refractivity contribution is 7.12. The Balaban J connectivity index is 1.66. The van der Waals surface area contributed by atoms with Crippen molar-refractivity contribution in [2.24, 2.45) is 5.92 Å². The SMILES string of the molecule is O=C(CCC(=O)N1[C@@H]2CCCC[C@@H]2C[C@H]1C(=O)O)c1cccs1. The molecule has 1 N–H and O–H groups in total. The molecule has 23 heavy (non-hydrogen) atoms. The summed E-state index contributed by atoms with van der Waals surface area (Å²) < 4.78 is 0. The van der Waals surface area contributed by atoms with Crippen LogP contribution in [0.15, 0.2) is 17.5 Å². The van der Waals surface area contributed by atoms with E-state index < -0.39 is 12.0 Å². The average molecular weight is 335 g/mol. The van der Waals surface area contributed by atoms with Crippen molar-refractivity contribution in [3.63, 3.8) is 0 Å². The van der Waals surface area contributed by atoms with Crippen molar-refractivity contribution in [2.75, 3.05) is 0 Å². The zero-order chi connectivity index (χ0) is 16.4. The molecule has 0 aromatic carbocycles. The first kappa shape index (κ1) is 16.2. The maximum Gasteiger partial charge on any atom is 0.326 e. The monoisotopic (exact) mass is 335 g/mol. The Bertz CT molecular complexity index is 598. The van der Waals surface area contributed by atoms with Crippen molar-refractivity contribution in [1.82, 2.24) is 4.90 Å². The first-order chi connectivity index (χ1) is 11.1. The molecule has 2 heterocycles. The number of hydrogen-bond donors (Lipinski definition) is 1. The van der Waals surface area contributed by atoms with Gasteiger partial charge in [-0.2, -0.15) is 0 Å². The summed E-state index contributed by atoms with van der Waals surface area (Å²) in [6.07, 6.45) is 4.87. The minimum Gasteiger partial charge on any atom is -0.480 e. The van der Waals surface area contributed by atoms with Gasteiger partial charge >= 0.3 is 5.97 Å². The van der Waals surface area contributed by atoms with Crippen LogP contribution in [-0.4, -0.2) is 39.7 Å². The number of carbonyl (C=O) groups excluding carboxylic acids is 2. The van der Waals surface area contributed by atoms with Crippen LogP contribution in [-0.2, 0) is 9.59 Å². The van der Waals surface area contributed by atoms with E-state index >= 15 is 0 Å². The van der Waals surface area contributed by atoms with Gasteiger partial charge in [-0.05, 0) is 36.6 Å². The van der Waals surface area contributed by atoms with E-state index in [1.165, 1.54) is 11.3 Å². The molecule has 0 bridgehead atoms. The summed E-state index contributed by atoms with van der Waals surface area (Å²) in [6, 6.07) is 2.90. The minimum atomic E-state index is -0.919. The van der Waals surface area contributed by atoms with E-state index in [0.29, 0.717) is 17.2 Å². The number of carbonyl (C=O) groups is 3. The predicted molar refractivity (Wildman–Crippen MR) is 86.5 cm³/mol. The van der Waals surface area contributed by atoms with Crippen LogP contribution in [0, 0.1) is 5.92 Å². The zero-order valence-corrected chi connectivity index (χ0v) is 13.8. The molecule has 1 amide bonds. The molecule has 6 heteroatoms. The molecule has 0 spiro atoms. The molecule has 3 rings (SSSR count). The Labute approximate surface area is 139 Å². The Morgan fingerprint density at radius 2 is 2.00 bits per heavy atom. The van der Waals surface area contributed by atoms with E-state index in [0.717, 1.165) is 25.7 Å². The van der Waals surface area contributed by atoms with Crippen molar-refractivity contribution >= 4 is 29.0 Å². The van der Waals surface area contributed by atoms with Gasteiger partial charge < -0.3 is 10.0 Å². The highest BCUT2D eigenvalue weighted by Gasteiger charge is 2.47. The molecular formula is C17H21NO4S. The Hall–Kier alpha value is -1.69. The predicted octanol–water partition coefficient (Wildman–Crippen LogP) is 2.96. The van der Waals surface area contributed by atoms with Gasteiger partial charge in [0.05, 0.1) is 4.88 Å². The number of hydrogen-bond acceptors (Lipinski definition) is 4. The lowest BCUT2D eigenvalue weighted by atomic mass is 9.84. The Morgan fingerprint density at radius 3 is 2.70 bits per heavy atom. The van der Waals surface area contributed by atoms with Crippen LogP contribution in [0.2, 0.25) is 0 Å². The van der Waals surface area contributed by atoms with E-state index in [9.17, 15) is 19.5 Å². The minimum absolute atomic E-state index is 0.0420. The topological polar surface area (TPSA) is 74.7 Å². The molecule has 1 aliphatic carbocycles. The van der Waals surface area contributed by atoms with Crippen LogP contribution in [0.3, 0.4) is 0 Å². The van der Waals surface area contributed by atoms with E-state index in [1.54, 1.807) is 11.0 Å². The van der Waals surface area contributed by atoms with Crippen LogP contribution >= 0.6 is 11.3 Å². The fourth-order valence-electron chi connectivity index (χ4n) is 3.95. The summed E-state index contributed by atoms with van der Waals surface area (Å²) >= 11 is 1.37. The fraction of sp³-hybridized carbons (Fsp3) is 0.588. The molecule has 124 valence electrons. The number of Topliss-reactive ketones (excluding diaryl/α,β-unsaturated/α-hetero) is 1. The summed E-state index contributed by atoms with van der Waals surface area (Å²) in [5.74, 6) is -0.838. The maximum absolute atomic E-state index is 12.6. The second kappa shape index (κ2) is 6.83. The molecule has 1 aromatic rings. The summed E-state index contributed by atoms with van der Waals surface area (Å²) in [6.45, 7) is 0. The van der Waals surface area contributed by atoms with Gasteiger partial charge in [-0.3, -0.25) is 9.59 Å². The van der Waals surface area contributed by atoms with Crippen molar-refractivity contribution in [2.45, 2.75) is 57.0 Å². The number of thiophene rings is 1. The van der Waals surface area contributed by atoms with E-state index in [1.807, 2.05) is 11.4 Å². The second-order valence-corrected chi connectivity index (χ2v) is 7.35. The van der Waals surface area contributed by atoms with Crippen LogP contribution < -0.4 is 0 Å². The molecule has 5 nitrogen and oxygen atoms in total. The molecule has 0 unspecified atom stereocenters. The van der Waals surface area contributed by atoms with Gasteiger partial charge in [0, 0.05) is 18.9 Å². The first-order valence-corrected chi connectivity index (χ1v) is 9.06. The van der Waals surface area contributed by atoms with Crippen molar-refractivity contribution in [3.8, 4) is 0 Å². The van der Waals surface area contributed by atoms with Gasteiger partial charge in [-0.15, -0.1) is 11.3 Å². The van der Waals surface area contributed by atoms with E-state index in [2.05, 4.69) is 0 Å². The largest absolute Gasteiger partial charge is 0.480 e. The van der Waals surface area contributed by atoms with Crippen molar-refractivity contribution < 1.29 is 19.5 Å². The van der Waals surface area contributed by atoms with Crippen LogP contribution in [0.5, 0.6) is 0 Å². The lowest BCUT2D eigenvalue weighted by Crippen LogP contribution is -2.46. The fourth-order valence-corrected chi connectivity index (χ4v) is 4.64. The number of carboxylic acids is 1. The normalized spacial score (nSPS) is 26.8. The highest BCUT2D eigenvalue weighted by Crippen LogP contribution is 2.40. The van der Waals surface area contributed by atoms with Crippen molar-refractivity contribution in [1.29, 1.82) is 0 Å². The number of fused-ring (bicyclic) bond motifs is 1. The lowest BCUT2D eigenvalue weighted by Gasteiger charge is -2.33. The standard InChI is InChI=1S/C17H21NO4S/c19-14(15-6-3-9-23-15)7-8-16(20)18-12-5-2-1-4-11(12)10-13(18)17(21)22/h3,6,9,11-13H,1-2,4-5,7-8,10H2,(H,21,22)/t11-,12-,13+/m1/s1. The molecule has 2 fully saturated rings. The van der Waals surface area contributed by atoms with Gasteiger partial charge in [0.25, 0.3) is 0 Å².